The maximum absolute atomic E-state index is 2.40. The van der Waals surface area contributed by atoms with Gasteiger partial charge in [-0.05, 0) is 45.7 Å². The normalized spacial score (nSPS) is 13.5. The molecule has 0 spiro atoms. The highest BCUT2D eigenvalue weighted by atomic mass is 32.2. The monoisotopic (exact) mass is 223 g/mol. The Kier molecular flexibility index (Phi) is 4.68. The third kappa shape index (κ3) is 2.99. The van der Waals surface area contributed by atoms with Gasteiger partial charge in [0.1, 0.15) is 0 Å². The summed E-state index contributed by atoms with van der Waals surface area (Å²) in [5.74, 6) is 0. The molecule has 1 rings (SSSR count). The van der Waals surface area contributed by atoms with Gasteiger partial charge in [-0.25, -0.2) is 0 Å². The van der Waals surface area contributed by atoms with Gasteiger partial charge in [0.25, 0.3) is 0 Å². The van der Waals surface area contributed by atoms with Gasteiger partial charge in [0, 0.05) is 17.0 Å². The van der Waals surface area contributed by atoms with Crippen LogP contribution in [0.25, 0.3) is 0 Å². The van der Waals surface area contributed by atoms with Gasteiger partial charge in [-0.15, -0.1) is 11.8 Å². The van der Waals surface area contributed by atoms with E-state index < -0.39 is 0 Å². The molecule has 0 saturated carbocycles. The van der Waals surface area contributed by atoms with E-state index in [2.05, 4.69) is 63.2 Å². The molecular weight excluding hydrogens is 202 g/mol. The predicted octanol–water partition coefficient (Wildman–Crippen LogP) is 3.81. The lowest BCUT2D eigenvalue weighted by Gasteiger charge is -2.29. The van der Waals surface area contributed by atoms with Crippen molar-refractivity contribution in [1.29, 1.82) is 0 Å². The van der Waals surface area contributed by atoms with Gasteiger partial charge in [0.05, 0.1) is 0 Å². The number of rotatable bonds is 4. The zero-order valence-electron chi connectivity index (χ0n) is 10.3. The molecule has 0 aliphatic carbocycles. The van der Waals surface area contributed by atoms with Crippen LogP contribution in [0.4, 0.5) is 0 Å². The Bertz CT molecular complexity index is 309. The minimum atomic E-state index is 0.480. The Labute approximate surface area is 97.9 Å². The van der Waals surface area contributed by atoms with E-state index in [0.29, 0.717) is 12.1 Å². The van der Waals surface area contributed by atoms with Crippen molar-refractivity contribution in [3.05, 3.63) is 29.8 Å². The molecule has 0 aliphatic rings. The molecule has 0 amide bonds. The lowest BCUT2D eigenvalue weighted by atomic mass is 10.1. The summed E-state index contributed by atoms with van der Waals surface area (Å²) in [6.45, 7) is 6.74. The molecule has 15 heavy (non-hydrogen) atoms. The fourth-order valence-electron chi connectivity index (χ4n) is 1.68. The first kappa shape index (κ1) is 12.6. The second kappa shape index (κ2) is 5.57. The topological polar surface area (TPSA) is 3.24 Å². The first-order valence-corrected chi connectivity index (χ1v) is 6.65. The maximum atomic E-state index is 2.40. The maximum Gasteiger partial charge on any atom is 0.0330 e. The number of nitrogens with zero attached hydrogens (tertiary/aromatic N) is 1. The SMILES string of the molecule is CSc1ccccc1[C@H](C)N(C)C(C)C. The molecule has 0 unspecified atom stereocenters. The molecule has 0 saturated heterocycles. The lowest BCUT2D eigenvalue weighted by Crippen LogP contribution is -2.29. The second-order valence-corrected chi connectivity index (χ2v) is 5.03. The van der Waals surface area contributed by atoms with Crippen LogP contribution in [-0.4, -0.2) is 24.2 Å². The van der Waals surface area contributed by atoms with Crippen LogP contribution >= 0.6 is 11.8 Å². The van der Waals surface area contributed by atoms with Crippen LogP contribution in [0.5, 0.6) is 0 Å². The van der Waals surface area contributed by atoms with Crippen molar-refractivity contribution in [3.63, 3.8) is 0 Å². The summed E-state index contributed by atoms with van der Waals surface area (Å²) in [7, 11) is 2.19. The molecule has 0 fully saturated rings. The second-order valence-electron chi connectivity index (χ2n) is 4.18. The zero-order valence-corrected chi connectivity index (χ0v) is 11.1. The number of hydrogen-bond donors (Lipinski definition) is 0. The predicted molar refractivity (Wildman–Crippen MR) is 69.5 cm³/mol. The first-order valence-electron chi connectivity index (χ1n) is 5.42. The van der Waals surface area contributed by atoms with Crippen LogP contribution in [0.1, 0.15) is 32.4 Å². The highest BCUT2D eigenvalue weighted by molar-refractivity contribution is 7.98. The lowest BCUT2D eigenvalue weighted by molar-refractivity contribution is 0.208. The Balaban J connectivity index is 2.94. The van der Waals surface area contributed by atoms with Crippen LogP contribution in [-0.2, 0) is 0 Å². The van der Waals surface area contributed by atoms with Crippen LogP contribution in [0.3, 0.4) is 0 Å². The van der Waals surface area contributed by atoms with Crippen LogP contribution in [0, 0.1) is 0 Å². The molecule has 1 atom stereocenters. The van der Waals surface area contributed by atoms with Crippen LogP contribution in [0.15, 0.2) is 29.2 Å². The van der Waals surface area contributed by atoms with E-state index in [4.69, 9.17) is 0 Å². The molecule has 84 valence electrons. The Morgan fingerprint density at radius 3 is 2.27 bits per heavy atom. The van der Waals surface area contributed by atoms with E-state index in [1.54, 1.807) is 0 Å². The molecule has 0 bridgehead atoms. The van der Waals surface area contributed by atoms with E-state index >= 15 is 0 Å². The smallest absolute Gasteiger partial charge is 0.0330 e. The fourth-order valence-corrected chi connectivity index (χ4v) is 2.37. The van der Waals surface area contributed by atoms with Crippen molar-refractivity contribution < 1.29 is 0 Å². The summed E-state index contributed by atoms with van der Waals surface area (Å²) in [4.78, 5) is 3.78. The number of hydrogen-bond acceptors (Lipinski definition) is 2. The quantitative estimate of drug-likeness (QED) is 0.714. The molecule has 0 N–H and O–H groups in total. The largest absolute Gasteiger partial charge is 0.297 e. The summed E-state index contributed by atoms with van der Waals surface area (Å²) in [6, 6.07) is 9.72. The Morgan fingerprint density at radius 1 is 1.13 bits per heavy atom. The zero-order chi connectivity index (χ0) is 11.4. The summed E-state index contributed by atoms with van der Waals surface area (Å²) in [6.07, 6.45) is 2.14. The summed E-state index contributed by atoms with van der Waals surface area (Å²) < 4.78 is 0. The van der Waals surface area contributed by atoms with E-state index in [-0.39, 0.29) is 0 Å². The minimum Gasteiger partial charge on any atom is -0.297 e. The Hall–Kier alpha value is -0.470. The van der Waals surface area contributed by atoms with Crippen LogP contribution < -0.4 is 0 Å². The molecule has 0 heterocycles. The first-order chi connectivity index (χ1) is 7.07. The van der Waals surface area contributed by atoms with Crippen molar-refractivity contribution in [2.45, 2.75) is 37.8 Å². The summed E-state index contributed by atoms with van der Waals surface area (Å²) >= 11 is 1.83. The molecule has 1 nitrogen and oxygen atoms in total. The van der Waals surface area contributed by atoms with Crippen molar-refractivity contribution >= 4 is 11.8 Å². The van der Waals surface area contributed by atoms with Crippen LogP contribution in [0.2, 0.25) is 0 Å². The molecule has 0 aliphatic heterocycles. The average Bonchev–Trinajstić information content (AvgIpc) is 2.26. The van der Waals surface area contributed by atoms with E-state index in [1.165, 1.54) is 10.5 Å². The molecule has 1 aromatic rings. The number of benzene rings is 1. The third-order valence-corrected chi connectivity index (χ3v) is 3.83. The number of thioether (sulfide) groups is 1. The van der Waals surface area contributed by atoms with Gasteiger partial charge in [0.15, 0.2) is 0 Å². The van der Waals surface area contributed by atoms with E-state index in [9.17, 15) is 0 Å². The van der Waals surface area contributed by atoms with Gasteiger partial charge >= 0.3 is 0 Å². The molecular formula is C13H21NS. The molecule has 0 radical (unpaired) electrons. The van der Waals surface area contributed by atoms with Crippen molar-refractivity contribution in [1.82, 2.24) is 4.90 Å². The molecule has 2 heteroatoms. The van der Waals surface area contributed by atoms with Crippen molar-refractivity contribution in [3.8, 4) is 0 Å². The summed E-state index contributed by atoms with van der Waals surface area (Å²) in [5.41, 5.74) is 1.43. The molecule has 0 aromatic heterocycles. The van der Waals surface area contributed by atoms with Gasteiger partial charge in [0.2, 0.25) is 0 Å². The standard InChI is InChI=1S/C13H21NS/c1-10(2)14(4)11(3)12-8-6-7-9-13(12)15-5/h6-11H,1-5H3/t11-/m0/s1. The average molecular weight is 223 g/mol. The minimum absolute atomic E-state index is 0.480. The van der Waals surface area contributed by atoms with Crippen molar-refractivity contribution in [2.24, 2.45) is 0 Å². The Morgan fingerprint density at radius 2 is 1.73 bits per heavy atom. The highest BCUT2D eigenvalue weighted by Crippen LogP contribution is 2.29. The van der Waals surface area contributed by atoms with Gasteiger partial charge in [-0.1, -0.05) is 18.2 Å². The molecule has 1 aromatic carbocycles. The van der Waals surface area contributed by atoms with Gasteiger partial charge in [-0.2, -0.15) is 0 Å². The van der Waals surface area contributed by atoms with Gasteiger partial charge < -0.3 is 0 Å². The van der Waals surface area contributed by atoms with E-state index in [0.717, 1.165) is 0 Å². The van der Waals surface area contributed by atoms with Crippen molar-refractivity contribution in [2.75, 3.05) is 13.3 Å². The summed E-state index contributed by atoms with van der Waals surface area (Å²) in [5, 5.41) is 0. The van der Waals surface area contributed by atoms with E-state index in [1.807, 2.05) is 11.8 Å². The fraction of sp³-hybridized carbons (Fsp3) is 0.538. The van der Waals surface area contributed by atoms with Gasteiger partial charge in [-0.3, -0.25) is 4.90 Å². The highest BCUT2D eigenvalue weighted by Gasteiger charge is 2.16. The third-order valence-electron chi connectivity index (χ3n) is 3.01.